The molecule has 0 aliphatic rings. The molecule has 0 aliphatic heterocycles. The predicted octanol–water partition coefficient (Wildman–Crippen LogP) is 4.56. The summed E-state index contributed by atoms with van der Waals surface area (Å²) in [5, 5.41) is 13.5. The molecule has 1 unspecified atom stereocenters. The summed E-state index contributed by atoms with van der Waals surface area (Å²) in [6, 6.07) is 13.4. The third-order valence-corrected chi connectivity index (χ3v) is 4.19. The Labute approximate surface area is 126 Å². The molecule has 0 amide bonds. The molecular formula is C15H15BrClNO. The van der Waals surface area contributed by atoms with E-state index in [2.05, 4.69) is 27.3 Å². The van der Waals surface area contributed by atoms with Crippen molar-refractivity contribution in [2.24, 2.45) is 0 Å². The van der Waals surface area contributed by atoms with Gasteiger partial charge in [0, 0.05) is 4.47 Å². The van der Waals surface area contributed by atoms with E-state index in [1.54, 1.807) is 0 Å². The van der Waals surface area contributed by atoms with E-state index in [0.29, 0.717) is 5.02 Å². The SMILES string of the molecule is Cc1cc(C(CO)Nc2ccccc2Cl)ccc1Br. The van der Waals surface area contributed by atoms with Crippen LogP contribution in [-0.2, 0) is 0 Å². The lowest BCUT2D eigenvalue weighted by Crippen LogP contribution is -2.15. The number of hydrogen-bond donors (Lipinski definition) is 2. The molecule has 2 rings (SSSR count). The van der Waals surface area contributed by atoms with E-state index >= 15 is 0 Å². The molecule has 0 fully saturated rings. The van der Waals surface area contributed by atoms with Crippen molar-refractivity contribution in [1.82, 2.24) is 0 Å². The van der Waals surface area contributed by atoms with Gasteiger partial charge in [-0.3, -0.25) is 0 Å². The molecule has 0 saturated heterocycles. The summed E-state index contributed by atoms with van der Waals surface area (Å²) in [7, 11) is 0. The minimum absolute atomic E-state index is 0.00625. The zero-order valence-corrected chi connectivity index (χ0v) is 12.9. The molecule has 100 valence electrons. The summed E-state index contributed by atoms with van der Waals surface area (Å²) in [5.74, 6) is 0. The Morgan fingerprint density at radius 3 is 2.63 bits per heavy atom. The molecule has 4 heteroatoms. The molecule has 2 N–H and O–H groups in total. The van der Waals surface area contributed by atoms with Crippen LogP contribution in [0.3, 0.4) is 0 Å². The van der Waals surface area contributed by atoms with E-state index in [1.165, 1.54) is 0 Å². The lowest BCUT2D eigenvalue weighted by molar-refractivity contribution is 0.276. The van der Waals surface area contributed by atoms with Crippen molar-refractivity contribution >= 4 is 33.2 Å². The van der Waals surface area contributed by atoms with Gasteiger partial charge >= 0.3 is 0 Å². The third-order valence-electron chi connectivity index (χ3n) is 2.97. The second kappa shape index (κ2) is 6.42. The molecule has 0 heterocycles. The molecule has 19 heavy (non-hydrogen) atoms. The molecule has 0 radical (unpaired) electrons. The molecule has 0 aromatic heterocycles. The third kappa shape index (κ3) is 3.50. The Kier molecular flexibility index (Phi) is 4.86. The quantitative estimate of drug-likeness (QED) is 0.855. The van der Waals surface area contributed by atoms with Crippen LogP contribution in [0.4, 0.5) is 5.69 Å². The van der Waals surface area contributed by atoms with Gasteiger partial charge in [0.05, 0.1) is 23.4 Å². The first kappa shape index (κ1) is 14.4. The van der Waals surface area contributed by atoms with E-state index in [1.807, 2.05) is 43.3 Å². The number of anilines is 1. The Morgan fingerprint density at radius 2 is 2.00 bits per heavy atom. The maximum absolute atomic E-state index is 9.57. The molecule has 0 spiro atoms. The number of nitrogens with one attached hydrogen (secondary N) is 1. The zero-order valence-electron chi connectivity index (χ0n) is 10.5. The van der Waals surface area contributed by atoms with Gasteiger partial charge in [-0.15, -0.1) is 0 Å². The molecule has 2 aromatic rings. The summed E-state index contributed by atoms with van der Waals surface area (Å²) in [5.41, 5.74) is 2.99. The van der Waals surface area contributed by atoms with Gasteiger partial charge in [-0.05, 0) is 36.2 Å². The van der Waals surface area contributed by atoms with Crippen LogP contribution in [0.2, 0.25) is 5.02 Å². The fourth-order valence-electron chi connectivity index (χ4n) is 1.88. The number of hydrogen-bond acceptors (Lipinski definition) is 2. The molecule has 0 saturated carbocycles. The number of benzene rings is 2. The fourth-order valence-corrected chi connectivity index (χ4v) is 2.32. The highest BCUT2D eigenvalue weighted by Crippen LogP contribution is 2.27. The normalized spacial score (nSPS) is 12.2. The standard InChI is InChI=1S/C15H15BrClNO/c1-10-8-11(6-7-12(10)16)15(9-19)18-14-5-3-2-4-13(14)17/h2-8,15,18-19H,9H2,1H3. The van der Waals surface area contributed by atoms with Crippen LogP contribution >= 0.6 is 27.5 Å². The highest BCUT2D eigenvalue weighted by molar-refractivity contribution is 9.10. The Balaban J connectivity index is 2.25. The lowest BCUT2D eigenvalue weighted by Gasteiger charge is -2.19. The van der Waals surface area contributed by atoms with Crippen molar-refractivity contribution in [3.63, 3.8) is 0 Å². The lowest BCUT2D eigenvalue weighted by atomic mass is 10.0. The van der Waals surface area contributed by atoms with Gasteiger partial charge in [0.25, 0.3) is 0 Å². The first-order valence-electron chi connectivity index (χ1n) is 6.00. The number of aliphatic hydroxyl groups is 1. The van der Waals surface area contributed by atoms with Crippen LogP contribution in [0.25, 0.3) is 0 Å². The van der Waals surface area contributed by atoms with Crippen LogP contribution in [0.1, 0.15) is 17.2 Å². The van der Waals surface area contributed by atoms with Crippen molar-refractivity contribution in [1.29, 1.82) is 0 Å². The minimum Gasteiger partial charge on any atom is -0.394 e. The average molecular weight is 341 g/mol. The van der Waals surface area contributed by atoms with Crippen LogP contribution in [0, 0.1) is 6.92 Å². The number of rotatable bonds is 4. The Bertz CT molecular complexity index is 574. The molecule has 1 atom stereocenters. The molecular weight excluding hydrogens is 326 g/mol. The van der Waals surface area contributed by atoms with Crippen LogP contribution in [-0.4, -0.2) is 11.7 Å². The topological polar surface area (TPSA) is 32.3 Å². The monoisotopic (exact) mass is 339 g/mol. The van der Waals surface area contributed by atoms with Gasteiger partial charge in [-0.2, -0.15) is 0 Å². The number of para-hydroxylation sites is 1. The van der Waals surface area contributed by atoms with Gasteiger partial charge in [0.2, 0.25) is 0 Å². The van der Waals surface area contributed by atoms with Crippen molar-refractivity contribution < 1.29 is 5.11 Å². The van der Waals surface area contributed by atoms with E-state index in [4.69, 9.17) is 11.6 Å². The van der Waals surface area contributed by atoms with Crippen LogP contribution < -0.4 is 5.32 Å². The summed E-state index contributed by atoms with van der Waals surface area (Å²) in [4.78, 5) is 0. The second-order valence-corrected chi connectivity index (χ2v) is 5.63. The van der Waals surface area contributed by atoms with Crippen molar-refractivity contribution in [3.05, 3.63) is 63.1 Å². The van der Waals surface area contributed by atoms with E-state index in [-0.39, 0.29) is 12.6 Å². The van der Waals surface area contributed by atoms with Gasteiger partial charge in [-0.1, -0.05) is 51.8 Å². The summed E-state index contributed by atoms with van der Waals surface area (Å²) < 4.78 is 1.06. The van der Waals surface area contributed by atoms with E-state index in [0.717, 1.165) is 21.3 Å². The van der Waals surface area contributed by atoms with Gasteiger partial charge in [0.15, 0.2) is 0 Å². The van der Waals surface area contributed by atoms with Gasteiger partial charge in [-0.25, -0.2) is 0 Å². The maximum Gasteiger partial charge on any atom is 0.0745 e. The molecule has 0 aliphatic carbocycles. The number of aliphatic hydroxyl groups excluding tert-OH is 1. The zero-order chi connectivity index (χ0) is 13.8. The smallest absolute Gasteiger partial charge is 0.0745 e. The van der Waals surface area contributed by atoms with E-state index < -0.39 is 0 Å². The highest BCUT2D eigenvalue weighted by atomic mass is 79.9. The Hall–Kier alpha value is -1.03. The van der Waals surface area contributed by atoms with Crippen LogP contribution in [0.5, 0.6) is 0 Å². The first-order chi connectivity index (χ1) is 9.11. The van der Waals surface area contributed by atoms with Gasteiger partial charge in [0.1, 0.15) is 0 Å². The minimum atomic E-state index is -0.174. The van der Waals surface area contributed by atoms with Crippen LogP contribution in [0.15, 0.2) is 46.9 Å². The second-order valence-electron chi connectivity index (χ2n) is 4.37. The summed E-state index contributed by atoms with van der Waals surface area (Å²) in [6.45, 7) is 2.03. The van der Waals surface area contributed by atoms with E-state index in [9.17, 15) is 5.11 Å². The first-order valence-corrected chi connectivity index (χ1v) is 7.17. The Morgan fingerprint density at radius 1 is 1.26 bits per heavy atom. The van der Waals surface area contributed by atoms with Gasteiger partial charge < -0.3 is 10.4 Å². The highest BCUT2D eigenvalue weighted by Gasteiger charge is 2.12. The van der Waals surface area contributed by atoms with Crippen molar-refractivity contribution in [2.75, 3.05) is 11.9 Å². The molecule has 0 bridgehead atoms. The molecule has 2 nitrogen and oxygen atoms in total. The largest absolute Gasteiger partial charge is 0.394 e. The average Bonchev–Trinajstić information content (AvgIpc) is 2.41. The molecule has 2 aromatic carbocycles. The van der Waals surface area contributed by atoms with Crippen molar-refractivity contribution in [3.8, 4) is 0 Å². The number of halogens is 2. The summed E-state index contributed by atoms with van der Waals surface area (Å²) >= 11 is 9.59. The maximum atomic E-state index is 9.57. The van der Waals surface area contributed by atoms with Crippen molar-refractivity contribution in [2.45, 2.75) is 13.0 Å². The predicted molar refractivity (Wildman–Crippen MR) is 83.8 cm³/mol. The fraction of sp³-hybridized carbons (Fsp3) is 0.200. The number of aryl methyl sites for hydroxylation is 1. The summed E-state index contributed by atoms with van der Waals surface area (Å²) in [6.07, 6.45) is 0.